The van der Waals surface area contributed by atoms with Crippen LogP contribution in [0.3, 0.4) is 0 Å². The Labute approximate surface area is 109 Å². The van der Waals surface area contributed by atoms with Gasteiger partial charge in [0.15, 0.2) is 0 Å². The largest absolute Gasteiger partial charge is 0.374 e. The molecule has 0 spiro atoms. The minimum atomic E-state index is 0.329. The second kappa shape index (κ2) is 5.43. The molecule has 1 saturated heterocycles. The van der Waals surface area contributed by atoms with Gasteiger partial charge in [-0.1, -0.05) is 0 Å². The average Bonchev–Trinajstić information content (AvgIpc) is 3.08. The van der Waals surface area contributed by atoms with E-state index in [1.807, 2.05) is 0 Å². The second-order valence-corrected chi connectivity index (χ2v) is 5.56. The first-order valence-electron chi connectivity index (χ1n) is 6.99. The van der Waals surface area contributed by atoms with Crippen molar-refractivity contribution in [1.82, 2.24) is 14.8 Å². The fraction of sp³-hybridized carbons (Fsp3) is 0.714. The first-order chi connectivity index (χ1) is 8.81. The average molecular weight is 249 g/mol. The van der Waals surface area contributed by atoms with Crippen molar-refractivity contribution in [2.75, 3.05) is 26.7 Å². The number of nitrogens with one attached hydrogen (secondary N) is 1. The van der Waals surface area contributed by atoms with Gasteiger partial charge in [-0.15, -0.1) is 0 Å². The first kappa shape index (κ1) is 12.2. The van der Waals surface area contributed by atoms with Crippen LogP contribution in [0.4, 0.5) is 0 Å². The summed E-state index contributed by atoms with van der Waals surface area (Å²) < 4.78 is 8.16. The molecule has 1 unspecified atom stereocenters. The molecule has 100 valence electrons. The Kier molecular flexibility index (Phi) is 3.68. The number of hydrogen-bond acceptors (Lipinski definition) is 3. The number of likely N-dealkylation sites (N-methyl/N-ethyl adjacent to an activating group) is 1. The van der Waals surface area contributed by atoms with Crippen LogP contribution in [-0.2, 0) is 17.8 Å². The van der Waals surface area contributed by atoms with Crippen LogP contribution >= 0.6 is 0 Å². The summed E-state index contributed by atoms with van der Waals surface area (Å²) >= 11 is 0. The number of aromatic nitrogens is 1. The number of ether oxygens (including phenoxy) is 1. The van der Waals surface area contributed by atoms with Crippen LogP contribution in [0, 0.1) is 0 Å². The van der Waals surface area contributed by atoms with Gasteiger partial charge in [0.2, 0.25) is 0 Å². The van der Waals surface area contributed by atoms with E-state index in [0.29, 0.717) is 6.10 Å². The fourth-order valence-corrected chi connectivity index (χ4v) is 2.52. The molecule has 0 aromatic carbocycles. The molecule has 3 rings (SSSR count). The van der Waals surface area contributed by atoms with Crippen LogP contribution in [0.5, 0.6) is 0 Å². The van der Waals surface area contributed by atoms with Crippen LogP contribution in [0.25, 0.3) is 0 Å². The number of hydrogen-bond donors (Lipinski definition) is 1. The Bertz CT molecular complexity index is 386. The zero-order chi connectivity index (χ0) is 12.4. The lowest BCUT2D eigenvalue weighted by molar-refractivity contribution is -0.0277. The Hall–Kier alpha value is -0.840. The SMILES string of the molecule is CN1CCOC(Cn2cccc2CNC2CC2)C1. The van der Waals surface area contributed by atoms with E-state index in [1.165, 1.54) is 18.5 Å². The molecular weight excluding hydrogens is 226 g/mol. The lowest BCUT2D eigenvalue weighted by atomic mass is 10.2. The van der Waals surface area contributed by atoms with E-state index >= 15 is 0 Å². The highest BCUT2D eigenvalue weighted by molar-refractivity contribution is 5.08. The molecule has 18 heavy (non-hydrogen) atoms. The highest BCUT2D eigenvalue weighted by atomic mass is 16.5. The van der Waals surface area contributed by atoms with E-state index in [-0.39, 0.29) is 0 Å². The first-order valence-corrected chi connectivity index (χ1v) is 6.99. The fourth-order valence-electron chi connectivity index (χ4n) is 2.52. The lowest BCUT2D eigenvalue weighted by Gasteiger charge is -2.30. The van der Waals surface area contributed by atoms with Crippen molar-refractivity contribution in [3.8, 4) is 0 Å². The zero-order valence-corrected chi connectivity index (χ0v) is 11.1. The summed E-state index contributed by atoms with van der Waals surface area (Å²) in [5.74, 6) is 0. The third-order valence-corrected chi connectivity index (χ3v) is 3.81. The van der Waals surface area contributed by atoms with Gasteiger partial charge in [0.05, 0.1) is 12.7 Å². The maximum absolute atomic E-state index is 5.83. The van der Waals surface area contributed by atoms with Crippen molar-refractivity contribution in [2.24, 2.45) is 0 Å². The smallest absolute Gasteiger partial charge is 0.0880 e. The van der Waals surface area contributed by atoms with E-state index in [9.17, 15) is 0 Å². The van der Waals surface area contributed by atoms with Gasteiger partial charge in [0, 0.05) is 44.1 Å². The molecule has 1 saturated carbocycles. The molecule has 4 nitrogen and oxygen atoms in total. The minimum absolute atomic E-state index is 0.329. The summed E-state index contributed by atoms with van der Waals surface area (Å²) in [6.07, 6.45) is 5.19. The van der Waals surface area contributed by atoms with Gasteiger partial charge >= 0.3 is 0 Å². The summed E-state index contributed by atoms with van der Waals surface area (Å²) in [4.78, 5) is 2.35. The van der Waals surface area contributed by atoms with Crippen molar-refractivity contribution in [3.05, 3.63) is 24.0 Å². The van der Waals surface area contributed by atoms with Crippen molar-refractivity contribution < 1.29 is 4.74 Å². The molecule has 0 bridgehead atoms. The standard InChI is InChI=1S/C14H23N3O/c1-16-7-8-18-14(10-16)11-17-6-2-3-13(17)9-15-12-4-5-12/h2-3,6,12,14-15H,4-5,7-11H2,1H3. The van der Waals surface area contributed by atoms with Gasteiger partial charge in [-0.2, -0.15) is 0 Å². The van der Waals surface area contributed by atoms with Crippen molar-refractivity contribution in [3.63, 3.8) is 0 Å². The van der Waals surface area contributed by atoms with Crippen LogP contribution < -0.4 is 5.32 Å². The van der Waals surface area contributed by atoms with Gasteiger partial charge in [0.1, 0.15) is 0 Å². The molecule has 0 amide bonds. The maximum Gasteiger partial charge on any atom is 0.0880 e. The molecule has 1 aliphatic heterocycles. The molecule has 1 aromatic heterocycles. The predicted octanol–water partition coefficient (Wildman–Crippen LogP) is 1.07. The number of nitrogens with zero attached hydrogens (tertiary/aromatic N) is 2. The summed E-state index contributed by atoms with van der Waals surface area (Å²) in [5.41, 5.74) is 1.37. The Balaban J connectivity index is 1.55. The van der Waals surface area contributed by atoms with Gasteiger partial charge < -0.3 is 19.5 Å². The predicted molar refractivity (Wildman–Crippen MR) is 71.5 cm³/mol. The lowest BCUT2D eigenvalue weighted by Crippen LogP contribution is -2.42. The molecule has 1 atom stereocenters. The molecule has 2 aliphatic rings. The van der Waals surface area contributed by atoms with E-state index in [0.717, 1.165) is 38.8 Å². The van der Waals surface area contributed by atoms with Gasteiger partial charge in [-0.3, -0.25) is 0 Å². The van der Waals surface area contributed by atoms with Crippen LogP contribution in [-0.4, -0.2) is 48.4 Å². The highest BCUT2D eigenvalue weighted by Gasteiger charge is 2.21. The molecular formula is C14H23N3O. The van der Waals surface area contributed by atoms with E-state index < -0.39 is 0 Å². The quantitative estimate of drug-likeness (QED) is 0.846. The number of rotatable bonds is 5. The topological polar surface area (TPSA) is 29.4 Å². The normalized spacial score (nSPS) is 25.5. The van der Waals surface area contributed by atoms with E-state index in [4.69, 9.17) is 4.74 Å². The van der Waals surface area contributed by atoms with Crippen LogP contribution in [0.15, 0.2) is 18.3 Å². The second-order valence-electron chi connectivity index (χ2n) is 5.56. The van der Waals surface area contributed by atoms with Crippen molar-refractivity contribution >= 4 is 0 Å². The monoisotopic (exact) mass is 249 g/mol. The minimum Gasteiger partial charge on any atom is -0.374 e. The Morgan fingerprint density at radius 2 is 2.33 bits per heavy atom. The number of morpholine rings is 1. The van der Waals surface area contributed by atoms with E-state index in [1.54, 1.807) is 0 Å². The summed E-state index contributed by atoms with van der Waals surface area (Å²) in [6, 6.07) is 5.11. The highest BCUT2D eigenvalue weighted by Crippen LogP contribution is 2.19. The Morgan fingerprint density at radius 1 is 1.44 bits per heavy atom. The Morgan fingerprint density at radius 3 is 3.11 bits per heavy atom. The molecule has 0 radical (unpaired) electrons. The van der Waals surface area contributed by atoms with Crippen LogP contribution in [0.1, 0.15) is 18.5 Å². The summed E-state index contributed by atoms with van der Waals surface area (Å²) in [6.45, 7) is 4.91. The van der Waals surface area contributed by atoms with Crippen molar-refractivity contribution in [2.45, 2.75) is 38.1 Å². The van der Waals surface area contributed by atoms with Crippen molar-refractivity contribution in [1.29, 1.82) is 0 Å². The summed E-state index contributed by atoms with van der Waals surface area (Å²) in [7, 11) is 2.17. The zero-order valence-electron chi connectivity index (χ0n) is 11.1. The van der Waals surface area contributed by atoms with Gasteiger partial charge in [0.25, 0.3) is 0 Å². The van der Waals surface area contributed by atoms with Crippen LogP contribution in [0.2, 0.25) is 0 Å². The molecule has 2 fully saturated rings. The van der Waals surface area contributed by atoms with Gasteiger partial charge in [-0.25, -0.2) is 0 Å². The summed E-state index contributed by atoms with van der Waals surface area (Å²) in [5, 5.41) is 3.57. The molecule has 1 N–H and O–H groups in total. The molecule has 4 heteroatoms. The third-order valence-electron chi connectivity index (χ3n) is 3.81. The van der Waals surface area contributed by atoms with E-state index in [2.05, 4.69) is 40.2 Å². The molecule has 1 aromatic rings. The maximum atomic E-state index is 5.83. The van der Waals surface area contributed by atoms with Gasteiger partial charge in [-0.05, 0) is 32.0 Å². The third kappa shape index (κ3) is 3.13. The molecule has 1 aliphatic carbocycles. The molecule has 2 heterocycles.